The Morgan fingerprint density at radius 2 is 1.60 bits per heavy atom. The fraction of sp³-hybridized carbons (Fsp3) is 0.188. The highest BCUT2D eigenvalue weighted by atomic mass is 32.2. The van der Waals surface area contributed by atoms with Crippen LogP contribution >= 0.6 is 0 Å². The third-order valence-electron chi connectivity index (χ3n) is 3.58. The normalized spacial score (nSPS) is 11.3. The Morgan fingerprint density at radius 3 is 2.20 bits per heavy atom. The van der Waals surface area contributed by atoms with Gasteiger partial charge in [-0.3, -0.25) is 4.72 Å². The van der Waals surface area contributed by atoms with Gasteiger partial charge in [-0.1, -0.05) is 11.2 Å². The summed E-state index contributed by atoms with van der Waals surface area (Å²) >= 11 is 0. The highest BCUT2D eigenvalue weighted by molar-refractivity contribution is 7.92. The smallest absolute Gasteiger partial charge is 0.263 e. The van der Waals surface area contributed by atoms with E-state index in [9.17, 15) is 8.42 Å². The second-order valence-corrected chi connectivity index (χ2v) is 7.29. The Morgan fingerprint density at radius 1 is 0.880 bits per heavy atom. The van der Waals surface area contributed by atoms with E-state index in [2.05, 4.69) is 25.4 Å². The van der Waals surface area contributed by atoms with Crippen molar-refractivity contribution >= 4 is 27.5 Å². The monoisotopic (exact) mass is 359 g/mol. The second kappa shape index (κ2) is 6.52. The molecule has 1 aromatic carbocycles. The molecule has 3 aromatic rings. The van der Waals surface area contributed by atoms with Crippen LogP contribution in [0.5, 0.6) is 0 Å². The van der Waals surface area contributed by atoms with E-state index in [1.165, 1.54) is 6.07 Å². The molecule has 0 aliphatic heterocycles. The topological polar surface area (TPSA) is 110 Å². The number of nitrogens with zero attached hydrogens (tertiary/aromatic N) is 3. The molecule has 0 saturated carbocycles. The van der Waals surface area contributed by atoms with Crippen molar-refractivity contribution in [3.8, 4) is 0 Å². The van der Waals surface area contributed by atoms with Gasteiger partial charge in [-0.05, 0) is 56.2 Å². The molecule has 0 aliphatic rings. The van der Waals surface area contributed by atoms with Gasteiger partial charge >= 0.3 is 0 Å². The van der Waals surface area contributed by atoms with Gasteiger partial charge in [0.2, 0.25) is 0 Å². The van der Waals surface area contributed by atoms with Gasteiger partial charge < -0.3 is 9.84 Å². The molecule has 0 atom stereocenters. The SMILES string of the molecule is Cc1cc(Nc2ccc(NS(=O)(=O)c3ccc(C)c(C)c3)nn2)no1. The van der Waals surface area contributed by atoms with E-state index in [0.29, 0.717) is 17.4 Å². The molecule has 130 valence electrons. The van der Waals surface area contributed by atoms with Gasteiger partial charge in [0.05, 0.1) is 4.90 Å². The predicted octanol–water partition coefficient (Wildman–Crippen LogP) is 2.93. The average Bonchev–Trinajstić information content (AvgIpc) is 2.96. The fourth-order valence-corrected chi connectivity index (χ4v) is 3.17. The third kappa shape index (κ3) is 3.94. The molecule has 3 rings (SSSR count). The summed E-state index contributed by atoms with van der Waals surface area (Å²) in [4.78, 5) is 0.178. The van der Waals surface area contributed by atoms with Crippen LogP contribution in [0.3, 0.4) is 0 Å². The maximum atomic E-state index is 12.4. The van der Waals surface area contributed by atoms with Crippen LogP contribution < -0.4 is 10.0 Å². The first-order valence-electron chi connectivity index (χ1n) is 7.48. The Kier molecular flexibility index (Phi) is 4.41. The molecule has 9 heteroatoms. The molecule has 0 radical (unpaired) electrons. The predicted molar refractivity (Wildman–Crippen MR) is 93.3 cm³/mol. The zero-order chi connectivity index (χ0) is 18.0. The largest absolute Gasteiger partial charge is 0.360 e. The number of anilines is 3. The number of nitrogens with one attached hydrogen (secondary N) is 2. The summed E-state index contributed by atoms with van der Waals surface area (Å²) in [5.74, 6) is 1.70. The number of sulfonamides is 1. The zero-order valence-corrected chi connectivity index (χ0v) is 14.8. The minimum absolute atomic E-state index is 0.125. The summed E-state index contributed by atoms with van der Waals surface area (Å²) in [6.07, 6.45) is 0. The van der Waals surface area contributed by atoms with Gasteiger partial charge in [-0.2, -0.15) is 0 Å². The molecule has 0 spiro atoms. The summed E-state index contributed by atoms with van der Waals surface area (Å²) in [5, 5.41) is 14.5. The van der Waals surface area contributed by atoms with Crippen LogP contribution in [0.25, 0.3) is 0 Å². The van der Waals surface area contributed by atoms with Crippen LogP contribution in [0.2, 0.25) is 0 Å². The van der Waals surface area contributed by atoms with Gasteiger partial charge in [0.1, 0.15) is 5.76 Å². The standard InChI is InChI=1S/C16H17N5O3S/c1-10-4-5-13(8-11(10)2)25(22,23)21-15-7-6-14(18-19-15)17-16-9-12(3)24-20-16/h4-9H,1-3H3,(H,19,21)(H,17,18,20). The van der Waals surface area contributed by atoms with Crippen LogP contribution in [-0.4, -0.2) is 23.8 Å². The molecule has 2 N–H and O–H groups in total. The van der Waals surface area contributed by atoms with E-state index in [4.69, 9.17) is 4.52 Å². The second-order valence-electron chi connectivity index (χ2n) is 5.60. The number of aromatic nitrogens is 3. The first-order chi connectivity index (χ1) is 11.8. The maximum Gasteiger partial charge on any atom is 0.263 e. The molecule has 0 unspecified atom stereocenters. The Hall–Kier alpha value is -2.94. The van der Waals surface area contributed by atoms with Gasteiger partial charge in [0.15, 0.2) is 17.5 Å². The van der Waals surface area contributed by atoms with E-state index in [0.717, 1.165) is 11.1 Å². The zero-order valence-electron chi connectivity index (χ0n) is 13.9. The average molecular weight is 359 g/mol. The van der Waals surface area contributed by atoms with Crippen molar-refractivity contribution in [1.82, 2.24) is 15.4 Å². The third-order valence-corrected chi connectivity index (χ3v) is 4.93. The summed E-state index contributed by atoms with van der Waals surface area (Å²) < 4.78 is 32.2. The number of hydrogen-bond donors (Lipinski definition) is 2. The van der Waals surface area contributed by atoms with Crippen molar-refractivity contribution in [3.05, 3.63) is 53.3 Å². The van der Waals surface area contributed by atoms with Crippen molar-refractivity contribution < 1.29 is 12.9 Å². The molecule has 0 fully saturated rings. The van der Waals surface area contributed by atoms with Crippen LogP contribution in [-0.2, 0) is 10.0 Å². The highest BCUT2D eigenvalue weighted by Crippen LogP contribution is 2.19. The molecule has 8 nitrogen and oxygen atoms in total. The highest BCUT2D eigenvalue weighted by Gasteiger charge is 2.16. The van der Waals surface area contributed by atoms with Crippen molar-refractivity contribution in [1.29, 1.82) is 0 Å². The number of hydrogen-bond acceptors (Lipinski definition) is 7. The summed E-state index contributed by atoms with van der Waals surface area (Å²) in [5.41, 5.74) is 1.92. The van der Waals surface area contributed by atoms with Crippen molar-refractivity contribution in [2.75, 3.05) is 10.0 Å². The Balaban J connectivity index is 1.74. The lowest BCUT2D eigenvalue weighted by atomic mass is 10.1. The van der Waals surface area contributed by atoms with E-state index in [1.807, 2.05) is 13.8 Å². The number of rotatable bonds is 5. The van der Waals surface area contributed by atoms with Gasteiger partial charge in [-0.15, -0.1) is 10.2 Å². The molecule has 2 heterocycles. The lowest BCUT2D eigenvalue weighted by Gasteiger charge is -2.09. The summed E-state index contributed by atoms with van der Waals surface area (Å²) in [7, 11) is -3.72. The van der Waals surface area contributed by atoms with Crippen LogP contribution in [0.1, 0.15) is 16.9 Å². The van der Waals surface area contributed by atoms with Crippen LogP contribution in [0.4, 0.5) is 17.5 Å². The van der Waals surface area contributed by atoms with Crippen molar-refractivity contribution in [2.45, 2.75) is 25.7 Å². The first kappa shape index (κ1) is 16.9. The van der Waals surface area contributed by atoms with Gasteiger partial charge in [-0.25, -0.2) is 8.42 Å². The molecule has 0 bridgehead atoms. The van der Waals surface area contributed by atoms with Gasteiger partial charge in [0, 0.05) is 6.07 Å². The van der Waals surface area contributed by atoms with Gasteiger partial charge in [0.25, 0.3) is 10.0 Å². The lowest BCUT2D eigenvalue weighted by Crippen LogP contribution is -2.14. The Bertz CT molecular complexity index is 997. The summed E-state index contributed by atoms with van der Waals surface area (Å²) in [6.45, 7) is 5.56. The maximum absolute atomic E-state index is 12.4. The minimum Gasteiger partial charge on any atom is -0.360 e. The van der Waals surface area contributed by atoms with Crippen molar-refractivity contribution in [3.63, 3.8) is 0 Å². The quantitative estimate of drug-likeness (QED) is 0.720. The van der Waals surface area contributed by atoms with E-state index >= 15 is 0 Å². The molecular formula is C16H17N5O3S. The molecule has 0 aliphatic carbocycles. The van der Waals surface area contributed by atoms with Crippen molar-refractivity contribution in [2.24, 2.45) is 0 Å². The summed E-state index contributed by atoms with van der Waals surface area (Å²) in [6, 6.07) is 9.76. The van der Waals surface area contributed by atoms with E-state index in [-0.39, 0.29) is 10.7 Å². The van der Waals surface area contributed by atoms with Crippen LogP contribution in [0, 0.1) is 20.8 Å². The minimum atomic E-state index is -3.72. The molecular weight excluding hydrogens is 342 g/mol. The van der Waals surface area contributed by atoms with Crippen LogP contribution in [0.15, 0.2) is 45.8 Å². The molecule has 2 aromatic heterocycles. The molecule has 0 saturated heterocycles. The van der Waals surface area contributed by atoms with E-state index in [1.54, 1.807) is 37.3 Å². The number of benzene rings is 1. The Labute approximate surface area is 145 Å². The molecule has 25 heavy (non-hydrogen) atoms. The lowest BCUT2D eigenvalue weighted by molar-refractivity contribution is 0.400. The first-order valence-corrected chi connectivity index (χ1v) is 8.96. The van der Waals surface area contributed by atoms with E-state index < -0.39 is 10.0 Å². The number of aryl methyl sites for hydroxylation is 3. The fourth-order valence-electron chi connectivity index (χ4n) is 2.09. The molecule has 0 amide bonds.